The highest BCUT2D eigenvalue weighted by molar-refractivity contribution is 8.45. The average molecular weight is 371 g/mol. The molecular formula is C14H14F5NO3S. The zero-order valence-corrected chi connectivity index (χ0v) is 13.1. The van der Waals surface area contributed by atoms with E-state index in [0.29, 0.717) is 5.75 Å². The average Bonchev–Trinajstić information content (AvgIpc) is 2.47. The monoisotopic (exact) mass is 371 g/mol. The van der Waals surface area contributed by atoms with Gasteiger partial charge in [-0.3, -0.25) is 4.79 Å². The van der Waals surface area contributed by atoms with Crippen LogP contribution in [0.4, 0.5) is 25.1 Å². The summed E-state index contributed by atoms with van der Waals surface area (Å²) in [4.78, 5) is 7.93. The summed E-state index contributed by atoms with van der Waals surface area (Å²) in [5.74, 6) is 0.692. The van der Waals surface area contributed by atoms with Crippen LogP contribution < -0.4 is 10.1 Å². The lowest BCUT2D eigenvalue weighted by Crippen LogP contribution is -2.06. The number of hydrogen-bond donors (Lipinski definition) is 2. The third kappa shape index (κ3) is 5.95. The highest BCUT2D eigenvalue weighted by Gasteiger charge is 2.65. The molecule has 2 aromatic carbocycles. The molecule has 0 aliphatic carbocycles. The molecule has 24 heavy (non-hydrogen) atoms. The maximum Gasteiger partial charge on any atom is 0.310 e. The maximum absolute atomic E-state index is 12.2. The van der Waals surface area contributed by atoms with E-state index >= 15 is 0 Å². The van der Waals surface area contributed by atoms with Crippen molar-refractivity contribution in [1.82, 2.24) is 0 Å². The van der Waals surface area contributed by atoms with E-state index in [1.165, 1.54) is 7.11 Å². The smallest absolute Gasteiger partial charge is 0.310 e. The van der Waals surface area contributed by atoms with Gasteiger partial charge in [0.2, 0.25) is 6.41 Å². The van der Waals surface area contributed by atoms with Gasteiger partial charge in [0.25, 0.3) is 0 Å². The lowest BCUT2D eigenvalue weighted by Gasteiger charge is -2.40. The number of phenols is 1. The van der Waals surface area contributed by atoms with Crippen molar-refractivity contribution in [2.45, 2.75) is 4.90 Å². The van der Waals surface area contributed by atoms with Gasteiger partial charge in [0.1, 0.15) is 4.90 Å². The molecule has 4 nitrogen and oxygen atoms in total. The van der Waals surface area contributed by atoms with Crippen LogP contribution in [0.15, 0.2) is 53.4 Å². The van der Waals surface area contributed by atoms with Crippen molar-refractivity contribution in [2.75, 3.05) is 12.4 Å². The molecule has 0 aliphatic rings. The first kappa shape index (κ1) is 19.6. The summed E-state index contributed by atoms with van der Waals surface area (Å²) in [7, 11) is -8.07. The van der Waals surface area contributed by atoms with Gasteiger partial charge in [-0.2, -0.15) is 0 Å². The van der Waals surface area contributed by atoms with Gasteiger partial charge in [-0.1, -0.05) is 31.6 Å². The summed E-state index contributed by atoms with van der Waals surface area (Å²) in [6, 6.07) is 8.80. The van der Waals surface area contributed by atoms with Crippen molar-refractivity contribution >= 4 is 22.3 Å². The normalized spacial score (nSPS) is 13.6. The number of nitrogens with one attached hydrogen (secondary N) is 1. The number of halogens is 5. The van der Waals surface area contributed by atoms with Gasteiger partial charge in [0.05, 0.1) is 7.11 Å². The largest absolute Gasteiger partial charge is 0.504 e. The number of methoxy groups -OCH3 is 1. The van der Waals surface area contributed by atoms with Crippen molar-refractivity contribution in [3.8, 4) is 11.5 Å². The molecule has 0 aromatic heterocycles. The molecule has 2 aromatic rings. The quantitative estimate of drug-likeness (QED) is 0.565. The Morgan fingerprint density at radius 1 is 1.00 bits per heavy atom. The molecule has 0 saturated heterocycles. The van der Waals surface area contributed by atoms with Crippen LogP contribution >= 0.6 is 10.2 Å². The molecule has 0 saturated carbocycles. The van der Waals surface area contributed by atoms with Crippen LogP contribution in [0.25, 0.3) is 0 Å². The lowest BCUT2D eigenvalue weighted by atomic mass is 10.3. The van der Waals surface area contributed by atoms with E-state index in [1.54, 1.807) is 24.3 Å². The summed E-state index contributed by atoms with van der Waals surface area (Å²) in [6.07, 6.45) is 0.231. The second-order valence-corrected chi connectivity index (χ2v) is 6.84. The highest BCUT2D eigenvalue weighted by atomic mass is 32.5. The molecule has 0 radical (unpaired) electrons. The molecular weight excluding hydrogens is 357 g/mol. The third-order valence-electron chi connectivity index (χ3n) is 2.61. The molecule has 0 bridgehead atoms. The van der Waals surface area contributed by atoms with Gasteiger partial charge in [-0.15, -0.1) is 0 Å². The number of phenolic OH excluding ortho intramolecular Hbond substituents is 1. The first-order valence-corrected chi connectivity index (χ1v) is 8.19. The minimum atomic E-state index is -9.59. The van der Waals surface area contributed by atoms with Crippen molar-refractivity contribution in [3.63, 3.8) is 0 Å². The second-order valence-electron chi connectivity index (χ2n) is 4.43. The van der Waals surface area contributed by atoms with Crippen LogP contribution in [-0.2, 0) is 4.79 Å². The van der Waals surface area contributed by atoms with Gasteiger partial charge in [-0.25, -0.2) is 0 Å². The Labute approximate surface area is 134 Å². The Bertz CT molecular complexity index is 705. The Balaban J connectivity index is 0.000000272. The van der Waals surface area contributed by atoms with E-state index in [1.807, 2.05) is 5.32 Å². The Hall–Kier alpha value is -2.49. The van der Waals surface area contributed by atoms with Crippen LogP contribution in [0.2, 0.25) is 0 Å². The summed E-state index contributed by atoms with van der Waals surface area (Å²) in [5.41, 5.74) is 0.00981. The third-order valence-corrected chi connectivity index (χ3v) is 3.77. The first-order valence-electron chi connectivity index (χ1n) is 6.23. The van der Waals surface area contributed by atoms with Crippen molar-refractivity contribution in [1.29, 1.82) is 0 Å². The molecule has 2 N–H and O–H groups in total. The number of aromatic hydroxyl groups is 1. The van der Waals surface area contributed by atoms with Crippen LogP contribution in [-0.4, -0.2) is 18.6 Å². The molecule has 0 heterocycles. The summed E-state index contributed by atoms with van der Waals surface area (Å²) in [5, 5.41) is 11.0. The van der Waals surface area contributed by atoms with E-state index in [-0.39, 0.29) is 30.0 Å². The number of para-hydroxylation sites is 2. The van der Waals surface area contributed by atoms with Crippen LogP contribution in [0.5, 0.6) is 11.5 Å². The van der Waals surface area contributed by atoms with Crippen molar-refractivity contribution in [2.24, 2.45) is 0 Å². The number of amides is 1. The minimum Gasteiger partial charge on any atom is -0.504 e. The van der Waals surface area contributed by atoms with Crippen LogP contribution in [0.3, 0.4) is 0 Å². The Morgan fingerprint density at radius 2 is 1.54 bits per heavy atom. The summed E-state index contributed by atoms with van der Waals surface area (Å²) >= 11 is 0. The molecule has 134 valence electrons. The van der Waals surface area contributed by atoms with Crippen LogP contribution in [0.1, 0.15) is 0 Å². The Kier molecular flexibility index (Phi) is 5.04. The van der Waals surface area contributed by atoms with E-state index in [0.717, 1.165) is 12.1 Å². The highest BCUT2D eigenvalue weighted by Crippen LogP contribution is 3.02. The summed E-state index contributed by atoms with van der Waals surface area (Å²) < 4.78 is 65.7. The molecule has 0 aliphatic heterocycles. The molecule has 0 unspecified atom stereocenters. The van der Waals surface area contributed by atoms with Crippen LogP contribution in [0, 0.1) is 0 Å². The summed E-state index contributed by atoms with van der Waals surface area (Å²) in [6.45, 7) is 0. The van der Waals surface area contributed by atoms with E-state index in [4.69, 9.17) is 9.84 Å². The van der Waals surface area contributed by atoms with E-state index in [2.05, 4.69) is 0 Å². The number of rotatable bonds is 4. The second kappa shape index (κ2) is 6.19. The fraction of sp³-hybridized carbons (Fsp3) is 0.0714. The number of hydrogen-bond acceptors (Lipinski definition) is 3. The predicted molar refractivity (Wildman–Crippen MR) is 82.2 cm³/mol. The molecule has 10 heteroatoms. The van der Waals surface area contributed by atoms with Gasteiger partial charge in [0, 0.05) is 5.69 Å². The Morgan fingerprint density at radius 3 is 1.92 bits per heavy atom. The van der Waals surface area contributed by atoms with E-state index < -0.39 is 15.1 Å². The van der Waals surface area contributed by atoms with Crippen molar-refractivity contribution < 1.29 is 34.1 Å². The number of carbonyl (C=O) groups excluding carboxylic acids is 1. The van der Waals surface area contributed by atoms with Gasteiger partial charge in [0.15, 0.2) is 11.5 Å². The van der Waals surface area contributed by atoms with Gasteiger partial charge < -0.3 is 15.2 Å². The fourth-order valence-corrected chi connectivity index (χ4v) is 2.16. The van der Waals surface area contributed by atoms with Gasteiger partial charge >= 0.3 is 10.2 Å². The predicted octanol–water partition coefficient (Wildman–Crippen LogP) is 5.31. The van der Waals surface area contributed by atoms with Gasteiger partial charge in [-0.05, 0) is 36.4 Å². The molecule has 1 amide bonds. The molecule has 0 atom stereocenters. The fourth-order valence-electron chi connectivity index (χ4n) is 1.51. The number of ether oxygens (including phenoxy) is 1. The first-order chi connectivity index (χ1) is 10.9. The lowest BCUT2D eigenvalue weighted by molar-refractivity contribution is -0.105. The zero-order chi connectivity index (χ0) is 18.5. The van der Waals surface area contributed by atoms with E-state index in [9.17, 15) is 24.2 Å². The van der Waals surface area contributed by atoms with Crippen molar-refractivity contribution in [3.05, 3.63) is 48.5 Å². The topological polar surface area (TPSA) is 58.6 Å². The number of benzene rings is 2. The maximum atomic E-state index is 12.2. The number of carbonyl (C=O) groups is 1. The zero-order valence-electron chi connectivity index (χ0n) is 12.3. The molecule has 2 rings (SSSR count). The number of anilines is 1. The molecule has 0 fully saturated rings. The minimum absolute atomic E-state index is 0.00981. The standard InChI is InChI=1S/C7H6F5NOS.C7H8O2/c8-15(9,10,11,12)7-3-1-6(2-4-7)13-5-14;1-9-7-5-3-2-4-6(7)8/h1-5H,(H,13,14);2-5,8H,1H3. The SMILES string of the molecule is COc1ccccc1O.O=CNc1ccc(S(F)(F)(F)(F)F)cc1. The molecule has 0 spiro atoms.